The molecule has 0 aromatic heterocycles. The van der Waals surface area contributed by atoms with Crippen molar-refractivity contribution >= 4 is 0 Å². The number of rotatable bonds is 1. The monoisotopic (exact) mass is 201 g/mol. The largest absolute Gasteiger partial charge is 0.393 e. The normalized spacial score (nSPS) is 41.1. The van der Waals surface area contributed by atoms with Gasteiger partial charge < -0.3 is 14.9 Å². The van der Waals surface area contributed by atoms with Crippen LogP contribution in [-0.4, -0.2) is 59.7 Å². The van der Waals surface area contributed by atoms with Crippen molar-refractivity contribution in [2.75, 3.05) is 26.3 Å². The van der Waals surface area contributed by atoms with Gasteiger partial charge in [0.1, 0.15) is 0 Å². The van der Waals surface area contributed by atoms with Gasteiger partial charge in [0.25, 0.3) is 0 Å². The Labute approximate surface area is 84.5 Å². The highest BCUT2D eigenvalue weighted by molar-refractivity contribution is 4.85. The Balaban J connectivity index is 1.90. The SMILES string of the molecule is OC1CCCN(C2COCC2O)CC1. The van der Waals surface area contributed by atoms with Crippen LogP contribution in [0.1, 0.15) is 19.3 Å². The molecule has 14 heavy (non-hydrogen) atoms. The summed E-state index contributed by atoms with van der Waals surface area (Å²) in [5, 5.41) is 19.2. The topological polar surface area (TPSA) is 52.9 Å². The van der Waals surface area contributed by atoms with Crippen LogP contribution >= 0.6 is 0 Å². The summed E-state index contributed by atoms with van der Waals surface area (Å²) in [5.41, 5.74) is 0. The number of hydrogen-bond acceptors (Lipinski definition) is 4. The van der Waals surface area contributed by atoms with Crippen molar-refractivity contribution < 1.29 is 14.9 Å². The molecule has 0 aromatic rings. The average Bonchev–Trinajstić information content (AvgIpc) is 2.46. The number of ether oxygens (including phenoxy) is 1. The molecule has 0 amide bonds. The molecule has 3 unspecified atom stereocenters. The van der Waals surface area contributed by atoms with Crippen molar-refractivity contribution in [3.8, 4) is 0 Å². The summed E-state index contributed by atoms with van der Waals surface area (Å²) in [6.45, 7) is 2.95. The molecule has 82 valence electrons. The van der Waals surface area contributed by atoms with E-state index in [-0.39, 0.29) is 18.2 Å². The molecule has 3 atom stereocenters. The van der Waals surface area contributed by atoms with Crippen LogP contribution in [0.2, 0.25) is 0 Å². The van der Waals surface area contributed by atoms with Crippen LogP contribution in [0.5, 0.6) is 0 Å². The quantitative estimate of drug-likeness (QED) is 0.606. The molecule has 4 nitrogen and oxygen atoms in total. The van der Waals surface area contributed by atoms with Gasteiger partial charge in [-0.2, -0.15) is 0 Å². The van der Waals surface area contributed by atoms with Crippen LogP contribution in [0.3, 0.4) is 0 Å². The summed E-state index contributed by atoms with van der Waals surface area (Å²) in [4.78, 5) is 2.26. The van der Waals surface area contributed by atoms with Gasteiger partial charge in [-0.15, -0.1) is 0 Å². The van der Waals surface area contributed by atoms with E-state index in [1.807, 2.05) is 0 Å². The standard InChI is InChI=1S/C10H19NO3/c12-8-2-1-4-11(5-3-8)9-6-14-7-10(9)13/h8-10,12-13H,1-7H2. The predicted molar refractivity (Wildman–Crippen MR) is 52.0 cm³/mol. The molecule has 0 bridgehead atoms. The second kappa shape index (κ2) is 4.57. The Morgan fingerprint density at radius 2 is 1.93 bits per heavy atom. The third kappa shape index (κ3) is 2.25. The van der Waals surface area contributed by atoms with Crippen LogP contribution in [0.4, 0.5) is 0 Å². The summed E-state index contributed by atoms with van der Waals surface area (Å²) >= 11 is 0. The first-order valence-electron chi connectivity index (χ1n) is 5.45. The molecule has 0 saturated carbocycles. The van der Waals surface area contributed by atoms with Gasteiger partial charge in [0.2, 0.25) is 0 Å². The van der Waals surface area contributed by atoms with Crippen LogP contribution in [0.15, 0.2) is 0 Å². The maximum atomic E-state index is 9.67. The van der Waals surface area contributed by atoms with E-state index in [1.54, 1.807) is 0 Å². The zero-order chi connectivity index (χ0) is 9.97. The van der Waals surface area contributed by atoms with Gasteiger partial charge in [-0.05, 0) is 25.8 Å². The molecular weight excluding hydrogens is 182 g/mol. The van der Waals surface area contributed by atoms with Crippen molar-refractivity contribution in [2.45, 2.75) is 37.5 Å². The molecule has 0 aromatic carbocycles. The molecule has 2 N–H and O–H groups in total. The minimum atomic E-state index is -0.342. The predicted octanol–water partition coefficient (Wildman–Crippen LogP) is -0.407. The van der Waals surface area contributed by atoms with E-state index in [4.69, 9.17) is 4.74 Å². The second-order valence-electron chi connectivity index (χ2n) is 4.29. The third-order valence-electron chi connectivity index (χ3n) is 3.22. The molecule has 0 aliphatic carbocycles. The van der Waals surface area contributed by atoms with E-state index < -0.39 is 0 Å². The molecule has 0 spiro atoms. The van der Waals surface area contributed by atoms with Crippen LogP contribution in [0, 0.1) is 0 Å². The van der Waals surface area contributed by atoms with Gasteiger partial charge in [-0.1, -0.05) is 0 Å². The van der Waals surface area contributed by atoms with E-state index >= 15 is 0 Å². The maximum Gasteiger partial charge on any atom is 0.0950 e. The second-order valence-corrected chi connectivity index (χ2v) is 4.29. The molecule has 2 saturated heterocycles. The Morgan fingerprint density at radius 3 is 2.64 bits per heavy atom. The average molecular weight is 201 g/mol. The van der Waals surface area contributed by atoms with Crippen molar-refractivity contribution in [1.82, 2.24) is 4.90 Å². The van der Waals surface area contributed by atoms with E-state index in [0.717, 1.165) is 32.4 Å². The van der Waals surface area contributed by atoms with Crippen LogP contribution in [-0.2, 0) is 4.74 Å². The molecule has 0 radical (unpaired) electrons. The van der Waals surface area contributed by atoms with Crippen LogP contribution in [0.25, 0.3) is 0 Å². The van der Waals surface area contributed by atoms with Gasteiger partial charge in [-0.25, -0.2) is 0 Å². The van der Waals surface area contributed by atoms with Crippen molar-refractivity contribution in [1.29, 1.82) is 0 Å². The first kappa shape index (κ1) is 10.4. The molecule has 2 fully saturated rings. The van der Waals surface area contributed by atoms with Gasteiger partial charge >= 0.3 is 0 Å². The highest BCUT2D eigenvalue weighted by Gasteiger charge is 2.32. The van der Waals surface area contributed by atoms with Crippen molar-refractivity contribution in [3.05, 3.63) is 0 Å². The number of nitrogens with zero attached hydrogens (tertiary/aromatic N) is 1. The summed E-state index contributed by atoms with van der Waals surface area (Å²) in [6.07, 6.45) is 2.23. The zero-order valence-corrected chi connectivity index (χ0v) is 8.43. The van der Waals surface area contributed by atoms with E-state index in [2.05, 4.69) is 4.90 Å². The summed E-state index contributed by atoms with van der Waals surface area (Å²) in [7, 11) is 0. The van der Waals surface area contributed by atoms with Crippen molar-refractivity contribution in [2.24, 2.45) is 0 Å². The van der Waals surface area contributed by atoms with Crippen molar-refractivity contribution in [3.63, 3.8) is 0 Å². The third-order valence-corrected chi connectivity index (χ3v) is 3.22. The smallest absolute Gasteiger partial charge is 0.0950 e. The van der Waals surface area contributed by atoms with E-state index in [1.165, 1.54) is 0 Å². The maximum absolute atomic E-state index is 9.67. The number of aliphatic hydroxyl groups excluding tert-OH is 2. The lowest BCUT2D eigenvalue weighted by molar-refractivity contribution is 0.0801. The number of hydrogen-bond donors (Lipinski definition) is 2. The molecule has 2 rings (SSSR count). The highest BCUT2D eigenvalue weighted by atomic mass is 16.5. The Bertz CT molecular complexity index is 188. The molecule has 2 aliphatic heterocycles. The summed E-state index contributed by atoms with van der Waals surface area (Å²) < 4.78 is 5.24. The zero-order valence-electron chi connectivity index (χ0n) is 8.43. The fourth-order valence-corrected chi connectivity index (χ4v) is 2.31. The minimum Gasteiger partial charge on any atom is -0.393 e. The molecular formula is C10H19NO3. The molecule has 4 heteroatoms. The van der Waals surface area contributed by atoms with Gasteiger partial charge in [-0.3, -0.25) is 4.90 Å². The fraction of sp³-hybridized carbons (Fsp3) is 1.00. The molecule has 2 heterocycles. The van der Waals surface area contributed by atoms with Gasteiger partial charge in [0.05, 0.1) is 31.5 Å². The Hall–Kier alpha value is -0.160. The number of likely N-dealkylation sites (tertiary alicyclic amines) is 1. The Kier molecular flexibility index (Phi) is 3.38. The lowest BCUT2D eigenvalue weighted by atomic mass is 10.1. The van der Waals surface area contributed by atoms with Gasteiger partial charge in [0, 0.05) is 6.54 Å². The highest BCUT2D eigenvalue weighted by Crippen LogP contribution is 2.18. The van der Waals surface area contributed by atoms with Crippen LogP contribution < -0.4 is 0 Å². The first-order chi connectivity index (χ1) is 6.77. The lowest BCUT2D eigenvalue weighted by Gasteiger charge is -2.28. The first-order valence-corrected chi connectivity index (χ1v) is 5.45. The van der Waals surface area contributed by atoms with Gasteiger partial charge in [0.15, 0.2) is 0 Å². The van der Waals surface area contributed by atoms with E-state index in [9.17, 15) is 10.2 Å². The summed E-state index contributed by atoms with van der Waals surface area (Å²) in [6, 6.07) is 0.153. The Morgan fingerprint density at radius 1 is 1.07 bits per heavy atom. The summed E-state index contributed by atoms with van der Waals surface area (Å²) in [5.74, 6) is 0. The number of aliphatic hydroxyl groups is 2. The van der Waals surface area contributed by atoms with E-state index in [0.29, 0.717) is 13.2 Å². The fourth-order valence-electron chi connectivity index (χ4n) is 2.31. The minimum absolute atomic E-state index is 0.153. The molecule has 2 aliphatic rings. The lowest BCUT2D eigenvalue weighted by Crippen LogP contribution is -2.43.